The van der Waals surface area contributed by atoms with Crippen LogP contribution in [0.25, 0.3) is 0 Å². The van der Waals surface area contributed by atoms with E-state index in [0.29, 0.717) is 52.3 Å². The zero-order valence-electron chi connectivity index (χ0n) is 48.6. The average molecular weight is 1390 g/mol. The number of alkyl carbamates (subject to hydrolysis) is 1. The highest BCUT2D eigenvalue weighted by Crippen LogP contribution is 2.49. The number of carbonyl (C=O) groups excluding carboxylic acids is 8. The van der Waals surface area contributed by atoms with Crippen LogP contribution in [0.1, 0.15) is 98.5 Å². The van der Waals surface area contributed by atoms with Crippen LogP contribution in [0.4, 0.5) is 31.4 Å². The Hall–Kier alpha value is -5.51. The van der Waals surface area contributed by atoms with Crippen LogP contribution in [0.5, 0.6) is 5.75 Å². The number of urea groups is 1. The van der Waals surface area contributed by atoms with Crippen molar-refractivity contribution in [1.29, 1.82) is 0 Å². The van der Waals surface area contributed by atoms with Crippen LogP contribution in [0.15, 0.2) is 58.6 Å². The van der Waals surface area contributed by atoms with E-state index < -0.39 is 96.1 Å². The molecule has 1 unspecified atom stereocenters. The number of hydrogen-bond acceptors (Lipinski definition) is 15. The number of epoxide rings is 1. The molecule has 3 aliphatic heterocycles. The topological polar surface area (TPSA) is 317 Å². The van der Waals surface area contributed by atoms with E-state index in [1.165, 1.54) is 44.4 Å². The summed E-state index contributed by atoms with van der Waals surface area (Å²) < 4.78 is 35.2. The molecule has 0 saturated carbocycles. The molecule has 8 amide bonds. The highest BCUT2D eigenvalue weighted by molar-refractivity contribution is 9.10. The number of carbonyl (C=O) groups is 8. The van der Waals surface area contributed by atoms with E-state index in [0.717, 1.165) is 11.1 Å². The van der Waals surface area contributed by atoms with Gasteiger partial charge in [-0.15, -0.1) is 0 Å². The molecule has 27 heteroatoms. The van der Waals surface area contributed by atoms with E-state index >= 15 is 0 Å². The molecule has 2 fully saturated rings. The fourth-order valence-corrected chi connectivity index (χ4v) is 12.3. The number of nitrogens with one attached hydrogen (secondary N) is 6. The molecular weight excluding hydrogens is 1310 g/mol. The largest absolute Gasteiger partial charge is 0.495 e. The second-order valence-electron chi connectivity index (χ2n) is 21.8. The van der Waals surface area contributed by atoms with Gasteiger partial charge in [0.05, 0.1) is 43.0 Å². The van der Waals surface area contributed by atoms with E-state index in [4.69, 9.17) is 45.8 Å². The molecule has 2 saturated heterocycles. The number of primary amides is 1. The molecule has 0 radical (unpaired) electrons. The lowest BCUT2D eigenvalue weighted by atomic mass is 9.83. The summed E-state index contributed by atoms with van der Waals surface area (Å²) in [6, 6.07) is 5.03. The van der Waals surface area contributed by atoms with Crippen LogP contribution in [0.3, 0.4) is 0 Å². The summed E-state index contributed by atoms with van der Waals surface area (Å²) in [5, 5.41) is 29.0. The molecule has 3 aliphatic rings. The molecule has 2 aromatic rings. The van der Waals surface area contributed by atoms with Crippen LogP contribution >= 0.6 is 59.4 Å². The summed E-state index contributed by atoms with van der Waals surface area (Å²) >= 11 is 16.9. The van der Waals surface area contributed by atoms with Gasteiger partial charge in [0.1, 0.15) is 46.8 Å². The summed E-state index contributed by atoms with van der Waals surface area (Å²) in [7, 11) is 4.40. The van der Waals surface area contributed by atoms with Gasteiger partial charge in [0.15, 0.2) is 5.72 Å². The molecule has 464 valence electrons. The second-order valence-corrected chi connectivity index (χ2v) is 24.3. The number of alkyl halides is 2. The number of amides is 8. The summed E-state index contributed by atoms with van der Waals surface area (Å²) in [4.78, 5) is 108. The van der Waals surface area contributed by atoms with Gasteiger partial charge >= 0.3 is 24.2 Å². The average Bonchev–Trinajstić information content (AvgIpc) is 1.69. The van der Waals surface area contributed by atoms with Crippen molar-refractivity contribution in [2.45, 2.75) is 153 Å². The number of esters is 1. The molecule has 3 heterocycles. The van der Waals surface area contributed by atoms with Crippen molar-refractivity contribution in [2.75, 3.05) is 54.0 Å². The lowest BCUT2D eigenvalue weighted by Crippen LogP contribution is -2.63. The van der Waals surface area contributed by atoms with Crippen LogP contribution in [-0.4, -0.2) is 145 Å². The van der Waals surface area contributed by atoms with Gasteiger partial charge in [0.25, 0.3) is 0 Å². The minimum absolute atomic E-state index is 0.0538. The zero-order valence-corrected chi connectivity index (χ0v) is 54.1. The Morgan fingerprint density at radius 1 is 0.988 bits per heavy atom. The highest BCUT2D eigenvalue weighted by atomic mass is 79.9. The predicted molar refractivity (Wildman–Crippen MR) is 326 cm³/mol. The van der Waals surface area contributed by atoms with Gasteiger partial charge < -0.3 is 65.4 Å². The Morgan fingerprint density at radius 2 is 1.70 bits per heavy atom. The number of anilines is 3. The number of allylic oxidation sites excluding steroid dienone is 3. The lowest BCUT2D eigenvalue weighted by Gasteiger charge is -2.42. The van der Waals surface area contributed by atoms with Gasteiger partial charge in [-0.1, -0.05) is 88.0 Å². The number of benzene rings is 2. The molecule has 84 heavy (non-hydrogen) atoms. The number of methoxy groups -OCH3 is 2. The molecule has 0 aliphatic carbocycles. The van der Waals surface area contributed by atoms with Crippen molar-refractivity contribution >= 4 is 124 Å². The quantitative estimate of drug-likeness (QED) is 0.0172. The number of halogens is 4. The van der Waals surface area contributed by atoms with Gasteiger partial charge in [-0.2, -0.15) is 0 Å². The first kappa shape index (κ1) is 69.3. The molecule has 9 N–H and O–H groups in total. The van der Waals surface area contributed by atoms with E-state index in [9.17, 15) is 43.5 Å². The van der Waals surface area contributed by atoms with E-state index in [-0.39, 0.29) is 78.4 Å². The van der Waals surface area contributed by atoms with Gasteiger partial charge in [0.2, 0.25) is 23.6 Å². The van der Waals surface area contributed by atoms with E-state index in [2.05, 4.69) is 79.7 Å². The van der Waals surface area contributed by atoms with Crippen LogP contribution in [-0.2, 0) is 54.1 Å². The fourth-order valence-electron chi connectivity index (χ4n) is 9.86. The Labute approximate surface area is 520 Å². The number of rotatable bonds is 23. The number of nitrogens with zero attached hydrogens (tertiary/aromatic N) is 1. The smallest absolute Gasteiger partial charge is 0.412 e. The summed E-state index contributed by atoms with van der Waals surface area (Å²) in [5.74, 6) is -3.46. The van der Waals surface area contributed by atoms with Crippen LogP contribution in [0, 0.1) is 17.8 Å². The van der Waals surface area contributed by atoms with E-state index in [1.807, 2.05) is 13.0 Å². The summed E-state index contributed by atoms with van der Waals surface area (Å²) in [6.45, 7) is 10.7. The molecule has 23 nitrogen and oxygen atoms in total. The molecule has 2 aromatic carbocycles. The first-order valence-corrected chi connectivity index (χ1v) is 31.0. The van der Waals surface area contributed by atoms with Crippen molar-refractivity contribution in [3.05, 3.63) is 69.2 Å². The second kappa shape index (κ2) is 31.8. The minimum Gasteiger partial charge on any atom is -0.495 e. The van der Waals surface area contributed by atoms with Gasteiger partial charge in [0, 0.05) is 60.3 Å². The molecule has 10 atom stereocenters. The number of aliphatic hydroxyl groups is 1. The molecule has 0 aromatic heterocycles. The minimum atomic E-state index is -1.90. The zero-order chi connectivity index (χ0) is 62.2. The third kappa shape index (κ3) is 19.2. The van der Waals surface area contributed by atoms with Crippen LogP contribution < -0.4 is 47.3 Å². The standard InChI is InChI=1S/C57H78Br3ClN8O15/c1-30(2)48(67-45(70)18-11-10-15-32(4)81-52(74)35(28-58)29-59)51(73)66-39(16-13-21-63-53(62)75)50(72)65-38-20-19-36(25-37(38)60)64-54(76)83-44-26-46(71)69(7)40-23-34(24-41(79-8)47(40)61)22-31(3)14-12-17-43(80-9)57(78)27-42(82-55(77)68-57)33(5)49-56(44,6)84-49/h12,14,17,19-20,23-25,30,32-33,35,39,42-44,48-49,78H,10-11,13,15-16,18,21-22,26-29H2,1-9H3,(H,64,76)(H,65,72)(H,66,73)(H,67,70)(H,68,77)(H3,62,63,75)/b17-12+,31-14+/t32?,33-,39+,42+,43-,44+,48+,49+,56+,57+/m1/s1. The third-order valence-corrected chi connectivity index (χ3v) is 17.4. The maximum Gasteiger partial charge on any atom is 0.412 e. The Balaban J connectivity index is 1.32. The van der Waals surface area contributed by atoms with Gasteiger partial charge in [-0.3, -0.25) is 34.6 Å². The van der Waals surface area contributed by atoms with Crippen LogP contribution in [0.2, 0.25) is 5.02 Å². The SMILES string of the molecule is COc1cc2cc(c1Cl)N(C)C(=O)C[C@H](OC(=O)Nc1ccc(NC(=O)[C@H](CCCNC(N)=O)NC(=O)[C@@H](NC(=O)CCCCC(C)OC(=O)C(CBr)CBr)C(C)C)c(Br)c1)[C@]1(C)O[C@H]1[C@H](C)[C@@H]1C[C@@](O)(NC(=O)O1)[C@H](OC)/C=C/C=C(\C)C2. The van der Waals surface area contributed by atoms with Crippen molar-refractivity contribution < 1.29 is 71.9 Å². The third-order valence-electron chi connectivity index (χ3n) is 14.8. The van der Waals surface area contributed by atoms with Crippen molar-refractivity contribution in [3.63, 3.8) is 0 Å². The summed E-state index contributed by atoms with van der Waals surface area (Å²) in [6.07, 6.45) is 0.855. The molecular formula is C57H78Br3ClN8O15. The number of unbranched alkanes of at least 4 members (excludes halogenated alkanes) is 1. The summed E-state index contributed by atoms with van der Waals surface area (Å²) in [5.41, 5.74) is 4.43. The first-order valence-electron chi connectivity index (χ1n) is 27.6. The van der Waals surface area contributed by atoms with Gasteiger partial charge in [-0.05, 0) is 117 Å². The monoisotopic (exact) mass is 1390 g/mol. The fraction of sp³-hybridized carbons (Fsp3) is 0.579. The van der Waals surface area contributed by atoms with Crippen molar-refractivity contribution in [2.24, 2.45) is 23.5 Å². The van der Waals surface area contributed by atoms with Gasteiger partial charge in [-0.25, -0.2) is 14.4 Å². The number of hydrogen-bond donors (Lipinski definition) is 8. The number of fused-ring (bicyclic) bond motifs is 5. The molecule has 4 bridgehead atoms. The molecule has 5 rings (SSSR count). The Kier molecular flexibility index (Phi) is 26.2. The lowest BCUT2D eigenvalue weighted by molar-refractivity contribution is -0.152. The normalized spacial score (nSPS) is 24.5. The van der Waals surface area contributed by atoms with E-state index in [1.54, 1.807) is 58.9 Å². The maximum atomic E-state index is 14.4. The molecule has 0 spiro atoms. The Bertz CT molecular complexity index is 2770. The van der Waals surface area contributed by atoms with Crippen molar-refractivity contribution in [3.8, 4) is 5.75 Å². The number of nitrogens with two attached hydrogens (primary N) is 1. The maximum absolute atomic E-state index is 14.4. The Morgan fingerprint density at radius 3 is 2.35 bits per heavy atom. The predicted octanol–water partition coefficient (Wildman–Crippen LogP) is 8.05. The first-order chi connectivity index (χ1) is 39.7. The highest BCUT2D eigenvalue weighted by Gasteiger charge is 2.64. The van der Waals surface area contributed by atoms with Crippen molar-refractivity contribution in [1.82, 2.24) is 21.3 Å². The number of ether oxygens (including phenoxy) is 6.